The molecule has 41 heavy (non-hydrogen) atoms. The Morgan fingerprint density at radius 1 is 1.17 bits per heavy atom. The van der Waals surface area contributed by atoms with Crippen LogP contribution in [0.15, 0.2) is 77.9 Å². The predicted octanol–water partition coefficient (Wildman–Crippen LogP) is 7.21. The van der Waals surface area contributed by atoms with Gasteiger partial charge in [-0.3, -0.25) is 4.79 Å². The van der Waals surface area contributed by atoms with Crippen molar-refractivity contribution in [2.45, 2.75) is 20.0 Å². The Hall–Kier alpha value is -3.67. The van der Waals surface area contributed by atoms with Gasteiger partial charge in [-0.15, -0.1) is 0 Å². The van der Waals surface area contributed by atoms with Crippen molar-refractivity contribution < 1.29 is 23.4 Å². The average Bonchev–Trinajstić information content (AvgIpc) is 3.39. The molecule has 1 atom stereocenters. The fourth-order valence-electron chi connectivity index (χ4n) is 4.08. The molecule has 0 bridgehead atoms. The molecule has 0 aliphatic carbocycles. The third-order valence-electron chi connectivity index (χ3n) is 6.05. The van der Waals surface area contributed by atoms with Crippen LogP contribution < -0.4 is 15.0 Å². The molecule has 2 aromatic heterocycles. The maximum atomic E-state index is 13.6. The van der Waals surface area contributed by atoms with Crippen LogP contribution in [0.2, 0.25) is 5.02 Å². The van der Waals surface area contributed by atoms with Gasteiger partial charge in [0.25, 0.3) is 5.56 Å². The number of ether oxygens (including phenoxy) is 3. The first-order valence-corrected chi connectivity index (χ1v) is 14.3. The average molecular weight is 704 g/mol. The van der Waals surface area contributed by atoms with E-state index in [0.717, 1.165) is 5.39 Å². The summed E-state index contributed by atoms with van der Waals surface area (Å²) in [4.78, 5) is 30.4. The highest BCUT2D eigenvalue weighted by Gasteiger charge is 2.23. The van der Waals surface area contributed by atoms with Crippen LogP contribution in [-0.4, -0.2) is 41.7 Å². The second-order valence-electron chi connectivity index (χ2n) is 8.74. The molecule has 5 rings (SSSR count). The largest absolute Gasteiger partial charge is 0.493 e. The molecule has 12 heteroatoms. The van der Waals surface area contributed by atoms with Gasteiger partial charge in [0, 0.05) is 20.4 Å². The summed E-state index contributed by atoms with van der Waals surface area (Å²) in [6.45, 7) is 3.54. The molecule has 0 radical (unpaired) electrons. The number of halogens is 3. The standard InChI is InChI=1S/C29H22Br2ClN3O6/c1-4-39-29(37)15(2)40-26-22(38-3)13-17(24(30)25(26)31)14-33-35-27(34-20-8-6-5-7-19(20)28(35)36)23-12-16-11-18(32)9-10-21(16)41-23/h5-15H,4H2,1-3H3/t15-/m1/s1. The molecule has 9 nitrogen and oxygen atoms in total. The molecule has 0 unspecified atom stereocenters. The SMILES string of the molecule is CCOC(=O)[C@@H](C)Oc1c(OC)cc(C=Nn2c(-c3cc4cc(Cl)ccc4o3)nc3ccccc3c2=O)c(Br)c1Br. The van der Waals surface area contributed by atoms with Crippen molar-refractivity contribution in [2.24, 2.45) is 5.10 Å². The highest BCUT2D eigenvalue weighted by atomic mass is 79.9. The van der Waals surface area contributed by atoms with E-state index in [1.165, 1.54) is 18.0 Å². The zero-order valence-electron chi connectivity index (χ0n) is 22.0. The van der Waals surface area contributed by atoms with Crippen LogP contribution in [0.5, 0.6) is 11.5 Å². The van der Waals surface area contributed by atoms with Crippen molar-refractivity contribution in [3.63, 3.8) is 0 Å². The van der Waals surface area contributed by atoms with Crippen LogP contribution in [-0.2, 0) is 9.53 Å². The summed E-state index contributed by atoms with van der Waals surface area (Å²) in [7, 11) is 1.47. The van der Waals surface area contributed by atoms with Crippen molar-refractivity contribution >= 4 is 77.5 Å². The lowest BCUT2D eigenvalue weighted by atomic mass is 10.2. The minimum absolute atomic E-state index is 0.211. The Balaban J connectivity index is 1.62. The minimum Gasteiger partial charge on any atom is -0.493 e. The van der Waals surface area contributed by atoms with Crippen LogP contribution in [0.3, 0.4) is 0 Å². The second kappa shape index (κ2) is 12.1. The number of hydrogen-bond donors (Lipinski definition) is 0. The maximum Gasteiger partial charge on any atom is 0.347 e. The second-order valence-corrected chi connectivity index (χ2v) is 10.8. The molecule has 0 saturated carbocycles. The van der Waals surface area contributed by atoms with Gasteiger partial charge in [-0.25, -0.2) is 9.78 Å². The van der Waals surface area contributed by atoms with Gasteiger partial charge >= 0.3 is 5.97 Å². The highest BCUT2D eigenvalue weighted by molar-refractivity contribution is 9.13. The summed E-state index contributed by atoms with van der Waals surface area (Å²) in [5.41, 5.74) is 1.25. The fraction of sp³-hybridized carbons (Fsp3) is 0.172. The summed E-state index contributed by atoms with van der Waals surface area (Å²) in [5.74, 6) is 0.672. The molecule has 0 saturated heterocycles. The Labute approximate surface area is 255 Å². The first kappa shape index (κ1) is 28.8. The molecule has 210 valence electrons. The molecule has 3 aromatic carbocycles. The number of hydrogen-bond acceptors (Lipinski definition) is 8. The number of furan rings is 1. The number of nitrogens with zero attached hydrogens (tertiary/aromatic N) is 3. The number of carbonyl (C=O) groups excluding carboxylic acids is 1. The molecule has 0 aliphatic heterocycles. The van der Waals surface area contributed by atoms with E-state index < -0.39 is 12.1 Å². The quantitative estimate of drug-likeness (QED) is 0.124. The van der Waals surface area contributed by atoms with Crippen molar-refractivity contribution in [2.75, 3.05) is 13.7 Å². The number of aromatic nitrogens is 2. The molecular formula is C29H22Br2ClN3O6. The number of fused-ring (bicyclic) bond motifs is 2. The van der Waals surface area contributed by atoms with E-state index in [9.17, 15) is 9.59 Å². The number of benzene rings is 3. The Morgan fingerprint density at radius 2 is 1.95 bits per heavy atom. The molecule has 0 N–H and O–H groups in total. The number of rotatable bonds is 8. The first-order valence-electron chi connectivity index (χ1n) is 12.4. The van der Waals surface area contributed by atoms with E-state index >= 15 is 0 Å². The zero-order chi connectivity index (χ0) is 29.3. The van der Waals surface area contributed by atoms with Crippen molar-refractivity contribution in [3.8, 4) is 23.1 Å². The van der Waals surface area contributed by atoms with Gasteiger partial charge in [-0.2, -0.15) is 9.78 Å². The molecule has 5 aromatic rings. The number of carbonyl (C=O) groups is 1. The molecule has 2 heterocycles. The zero-order valence-corrected chi connectivity index (χ0v) is 25.9. The lowest BCUT2D eigenvalue weighted by Gasteiger charge is -2.18. The predicted molar refractivity (Wildman–Crippen MR) is 164 cm³/mol. The smallest absolute Gasteiger partial charge is 0.347 e. The van der Waals surface area contributed by atoms with Gasteiger partial charge in [0.1, 0.15) is 5.58 Å². The summed E-state index contributed by atoms with van der Waals surface area (Å²) in [5, 5.41) is 6.23. The maximum absolute atomic E-state index is 13.6. The van der Waals surface area contributed by atoms with Gasteiger partial charge in [0.05, 0.1) is 35.3 Å². The highest BCUT2D eigenvalue weighted by Crippen LogP contribution is 2.43. The topological polar surface area (TPSA) is 105 Å². The molecule has 0 spiro atoms. The van der Waals surface area contributed by atoms with Gasteiger partial charge in [0.15, 0.2) is 23.4 Å². The number of para-hydroxylation sites is 1. The summed E-state index contributed by atoms with van der Waals surface area (Å²) in [6, 6.07) is 15.7. The van der Waals surface area contributed by atoms with Crippen molar-refractivity contribution in [1.29, 1.82) is 0 Å². The van der Waals surface area contributed by atoms with Crippen molar-refractivity contribution in [3.05, 3.63) is 84.5 Å². The van der Waals surface area contributed by atoms with E-state index in [4.69, 9.17) is 35.2 Å². The van der Waals surface area contributed by atoms with Crippen LogP contribution in [0.1, 0.15) is 19.4 Å². The Kier molecular flexibility index (Phi) is 8.48. The van der Waals surface area contributed by atoms with Crippen LogP contribution in [0.4, 0.5) is 0 Å². The first-order chi connectivity index (χ1) is 19.7. The third kappa shape index (κ3) is 5.74. The Morgan fingerprint density at radius 3 is 2.71 bits per heavy atom. The van der Waals surface area contributed by atoms with Gasteiger partial charge in [-0.1, -0.05) is 23.7 Å². The van der Waals surface area contributed by atoms with Gasteiger partial charge in [0.2, 0.25) is 5.82 Å². The molecule has 0 fully saturated rings. The fourth-order valence-corrected chi connectivity index (χ4v) is 5.17. The molecule has 0 amide bonds. The van der Waals surface area contributed by atoms with E-state index in [2.05, 4.69) is 37.0 Å². The molecular weight excluding hydrogens is 682 g/mol. The van der Waals surface area contributed by atoms with Crippen LogP contribution in [0, 0.1) is 0 Å². The minimum atomic E-state index is -0.880. The summed E-state index contributed by atoms with van der Waals surface area (Å²) in [6.07, 6.45) is 0.603. The lowest BCUT2D eigenvalue weighted by molar-refractivity contribution is -0.150. The van der Waals surface area contributed by atoms with Gasteiger partial charge in [-0.05, 0) is 88.2 Å². The van der Waals surface area contributed by atoms with E-state index in [1.807, 2.05) is 0 Å². The van der Waals surface area contributed by atoms with Gasteiger partial charge < -0.3 is 18.6 Å². The normalized spacial score (nSPS) is 12.2. The van der Waals surface area contributed by atoms with Crippen LogP contribution in [0.25, 0.3) is 33.5 Å². The lowest BCUT2D eigenvalue weighted by Crippen LogP contribution is -2.26. The van der Waals surface area contributed by atoms with Crippen molar-refractivity contribution in [1.82, 2.24) is 9.66 Å². The van der Waals surface area contributed by atoms with Crippen LogP contribution >= 0.6 is 43.5 Å². The summed E-state index contributed by atoms with van der Waals surface area (Å²) >= 11 is 13.2. The number of methoxy groups -OCH3 is 1. The van der Waals surface area contributed by atoms with E-state index in [1.54, 1.807) is 68.4 Å². The Bertz CT molecular complexity index is 1880. The molecule has 0 aliphatic rings. The number of esters is 1. The monoisotopic (exact) mass is 701 g/mol. The summed E-state index contributed by atoms with van der Waals surface area (Å²) < 4.78 is 24.7. The van der Waals surface area contributed by atoms with E-state index in [0.29, 0.717) is 53.3 Å². The van der Waals surface area contributed by atoms with E-state index in [-0.39, 0.29) is 18.0 Å². The third-order valence-corrected chi connectivity index (χ3v) is 8.43.